The monoisotopic (exact) mass is 351 g/mol. The van der Waals surface area contributed by atoms with Crippen molar-refractivity contribution in [1.82, 2.24) is 10.1 Å². The van der Waals surface area contributed by atoms with Crippen molar-refractivity contribution in [2.75, 3.05) is 21.2 Å². The smallest absolute Gasteiger partial charge is 0.287 e. The number of carbonyl (C=O) groups excluding carboxylic acids is 1. The van der Waals surface area contributed by atoms with E-state index in [4.69, 9.17) is 15.0 Å². The fraction of sp³-hybridized carbons (Fsp3) is 0.200. The quantitative estimate of drug-likeness (QED) is 0.738. The first-order valence-electron chi connectivity index (χ1n) is 8.17. The van der Waals surface area contributed by atoms with Crippen molar-refractivity contribution in [3.8, 4) is 28.1 Å². The van der Waals surface area contributed by atoms with Gasteiger partial charge in [-0.3, -0.25) is 4.79 Å². The van der Waals surface area contributed by atoms with Crippen LogP contribution in [0.1, 0.15) is 16.1 Å². The Morgan fingerprint density at radius 2 is 1.81 bits per heavy atom. The highest BCUT2D eigenvalue weighted by Crippen LogP contribution is 2.30. The van der Waals surface area contributed by atoms with Gasteiger partial charge in [0.05, 0.1) is 7.11 Å². The molecule has 0 saturated heterocycles. The molecule has 0 aliphatic carbocycles. The molecule has 1 amide bonds. The number of amides is 1. The number of hydrogen-bond acceptors (Lipinski definition) is 5. The molecule has 3 rings (SSSR count). The van der Waals surface area contributed by atoms with Crippen molar-refractivity contribution < 1.29 is 14.1 Å². The summed E-state index contributed by atoms with van der Waals surface area (Å²) in [5.41, 5.74) is 10.0. The van der Waals surface area contributed by atoms with Crippen LogP contribution in [0.15, 0.2) is 53.1 Å². The van der Waals surface area contributed by atoms with E-state index in [0.717, 1.165) is 29.0 Å². The van der Waals surface area contributed by atoms with Crippen LogP contribution >= 0.6 is 0 Å². The molecule has 0 radical (unpaired) electrons. The summed E-state index contributed by atoms with van der Waals surface area (Å²) in [7, 11) is 5.74. The van der Waals surface area contributed by atoms with Gasteiger partial charge in [0.15, 0.2) is 0 Å². The first kappa shape index (κ1) is 17.7. The van der Waals surface area contributed by atoms with Gasteiger partial charge in [0, 0.05) is 18.2 Å². The molecule has 0 aliphatic rings. The lowest BCUT2D eigenvalue weighted by atomic mass is 9.97. The lowest BCUT2D eigenvalue weighted by molar-refractivity contribution is 0.0965. The zero-order valence-electron chi connectivity index (χ0n) is 15.0. The maximum absolute atomic E-state index is 11.1. The SMILES string of the molecule is COc1ccc(-c2ccc(-c3cc(C(N)=O)on3)cc2)c(CN(C)C)c1. The van der Waals surface area contributed by atoms with Gasteiger partial charge in [0.1, 0.15) is 11.4 Å². The summed E-state index contributed by atoms with van der Waals surface area (Å²) in [6.45, 7) is 0.805. The second-order valence-electron chi connectivity index (χ2n) is 6.28. The number of nitrogens with zero attached hydrogens (tertiary/aromatic N) is 2. The van der Waals surface area contributed by atoms with Crippen LogP contribution in [0.3, 0.4) is 0 Å². The van der Waals surface area contributed by atoms with Gasteiger partial charge in [-0.05, 0) is 42.9 Å². The Morgan fingerprint density at radius 1 is 1.12 bits per heavy atom. The Bertz CT molecular complexity index is 914. The molecule has 0 atom stereocenters. The Kier molecular flexibility index (Phi) is 5.04. The Balaban J connectivity index is 1.93. The summed E-state index contributed by atoms with van der Waals surface area (Å²) >= 11 is 0. The topological polar surface area (TPSA) is 81.6 Å². The van der Waals surface area contributed by atoms with Crippen LogP contribution < -0.4 is 10.5 Å². The summed E-state index contributed by atoms with van der Waals surface area (Å²) in [6.07, 6.45) is 0. The number of hydrogen-bond donors (Lipinski definition) is 1. The molecule has 0 bridgehead atoms. The molecule has 0 aliphatic heterocycles. The van der Waals surface area contributed by atoms with Gasteiger partial charge >= 0.3 is 0 Å². The summed E-state index contributed by atoms with van der Waals surface area (Å²) in [5.74, 6) is 0.253. The molecule has 2 N–H and O–H groups in total. The lowest BCUT2D eigenvalue weighted by Gasteiger charge is -2.16. The third-order valence-electron chi connectivity index (χ3n) is 4.04. The molecule has 0 saturated carbocycles. The minimum absolute atomic E-state index is 0.0486. The third-order valence-corrected chi connectivity index (χ3v) is 4.04. The van der Waals surface area contributed by atoms with Crippen LogP contribution in [-0.4, -0.2) is 37.2 Å². The second kappa shape index (κ2) is 7.41. The number of nitrogens with two attached hydrogens (primary N) is 1. The normalized spacial score (nSPS) is 10.9. The van der Waals surface area contributed by atoms with E-state index >= 15 is 0 Å². The van der Waals surface area contributed by atoms with Gasteiger partial charge in [-0.25, -0.2) is 0 Å². The molecule has 6 heteroatoms. The van der Waals surface area contributed by atoms with Gasteiger partial charge in [-0.2, -0.15) is 0 Å². The van der Waals surface area contributed by atoms with Crippen LogP contribution in [0, 0.1) is 0 Å². The van der Waals surface area contributed by atoms with Gasteiger partial charge in [-0.1, -0.05) is 35.5 Å². The molecular formula is C20H21N3O3. The highest BCUT2D eigenvalue weighted by molar-refractivity contribution is 5.90. The van der Waals surface area contributed by atoms with Crippen molar-refractivity contribution >= 4 is 5.91 Å². The van der Waals surface area contributed by atoms with E-state index in [0.29, 0.717) is 5.69 Å². The number of rotatable bonds is 6. The third kappa shape index (κ3) is 3.75. The first-order chi connectivity index (χ1) is 12.5. The second-order valence-corrected chi connectivity index (χ2v) is 6.28. The van der Waals surface area contributed by atoms with Gasteiger partial charge in [0.25, 0.3) is 5.91 Å². The number of primary amides is 1. The molecule has 0 spiro atoms. The van der Waals surface area contributed by atoms with E-state index < -0.39 is 5.91 Å². The minimum atomic E-state index is -0.632. The summed E-state index contributed by atoms with van der Waals surface area (Å²) < 4.78 is 10.3. The molecule has 134 valence electrons. The predicted octanol–water partition coefficient (Wildman–Crippen LogP) is 3.18. The van der Waals surface area contributed by atoms with Crippen LogP contribution in [0.4, 0.5) is 0 Å². The van der Waals surface area contributed by atoms with E-state index in [-0.39, 0.29) is 5.76 Å². The Labute approximate surface area is 152 Å². The van der Waals surface area contributed by atoms with Gasteiger partial charge in [0.2, 0.25) is 5.76 Å². The molecule has 3 aromatic rings. The lowest BCUT2D eigenvalue weighted by Crippen LogP contribution is -2.11. The van der Waals surface area contributed by atoms with Crippen LogP contribution in [0.5, 0.6) is 5.75 Å². The molecule has 0 fully saturated rings. The number of benzene rings is 2. The number of ether oxygens (including phenoxy) is 1. The largest absolute Gasteiger partial charge is 0.497 e. The van der Waals surface area contributed by atoms with Crippen molar-refractivity contribution in [3.63, 3.8) is 0 Å². The number of methoxy groups -OCH3 is 1. The highest BCUT2D eigenvalue weighted by atomic mass is 16.5. The fourth-order valence-electron chi connectivity index (χ4n) is 2.80. The molecule has 6 nitrogen and oxygen atoms in total. The van der Waals surface area contributed by atoms with Crippen molar-refractivity contribution in [3.05, 3.63) is 59.9 Å². The number of carbonyl (C=O) groups is 1. The molecular weight excluding hydrogens is 330 g/mol. The van der Waals surface area contributed by atoms with E-state index in [1.165, 1.54) is 5.56 Å². The molecule has 26 heavy (non-hydrogen) atoms. The van der Waals surface area contributed by atoms with E-state index in [2.05, 4.69) is 22.2 Å². The highest BCUT2D eigenvalue weighted by Gasteiger charge is 2.12. The Hall–Kier alpha value is -3.12. The molecule has 1 heterocycles. The van der Waals surface area contributed by atoms with Crippen LogP contribution in [0.2, 0.25) is 0 Å². The molecule has 0 unspecified atom stereocenters. The van der Waals surface area contributed by atoms with E-state index in [1.807, 2.05) is 44.4 Å². The Morgan fingerprint density at radius 3 is 2.38 bits per heavy atom. The summed E-state index contributed by atoms with van der Waals surface area (Å²) in [6, 6.07) is 15.6. The summed E-state index contributed by atoms with van der Waals surface area (Å²) in [5, 5.41) is 3.89. The maximum Gasteiger partial charge on any atom is 0.287 e. The predicted molar refractivity (Wildman–Crippen MR) is 99.8 cm³/mol. The van der Waals surface area contributed by atoms with Gasteiger partial charge < -0.3 is 19.9 Å². The molecule has 2 aromatic carbocycles. The van der Waals surface area contributed by atoms with Crippen molar-refractivity contribution in [2.24, 2.45) is 5.73 Å². The average molecular weight is 351 g/mol. The van der Waals surface area contributed by atoms with Crippen LogP contribution in [-0.2, 0) is 6.54 Å². The van der Waals surface area contributed by atoms with Crippen molar-refractivity contribution in [2.45, 2.75) is 6.54 Å². The van der Waals surface area contributed by atoms with E-state index in [9.17, 15) is 4.79 Å². The zero-order chi connectivity index (χ0) is 18.7. The first-order valence-corrected chi connectivity index (χ1v) is 8.17. The zero-order valence-corrected chi connectivity index (χ0v) is 15.0. The maximum atomic E-state index is 11.1. The molecule has 1 aromatic heterocycles. The summed E-state index contributed by atoms with van der Waals surface area (Å²) in [4.78, 5) is 13.3. The minimum Gasteiger partial charge on any atom is -0.497 e. The fourth-order valence-corrected chi connectivity index (χ4v) is 2.80. The number of aromatic nitrogens is 1. The average Bonchev–Trinajstić information content (AvgIpc) is 3.12. The standard InChI is InChI=1S/C20H21N3O3/c1-23(2)12-15-10-16(25-3)8-9-17(15)13-4-6-14(7-5-13)18-11-19(20(21)24)26-22-18/h4-11H,12H2,1-3H3,(H2,21,24). The van der Waals surface area contributed by atoms with Crippen molar-refractivity contribution in [1.29, 1.82) is 0 Å². The van der Waals surface area contributed by atoms with E-state index in [1.54, 1.807) is 13.2 Å². The van der Waals surface area contributed by atoms with Crippen LogP contribution in [0.25, 0.3) is 22.4 Å². The van der Waals surface area contributed by atoms with Gasteiger partial charge in [-0.15, -0.1) is 0 Å².